The Hall–Kier alpha value is -4.90. The van der Waals surface area contributed by atoms with Crippen LogP contribution in [-0.2, 0) is 9.59 Å². The number of fused-ring (bicyclic) bond motifs is 1. The van der Waals surface area contributed by atoms with Crippen molar-refractivity contribution in [2.75, 3.05) is 30.0 Å². The minimum Gasteiger partial charge on any atom is -0.495 e. The second kappa shape index (κ2) is 12.7. The fourth-order valence-electron chi connectivity index (χ4n) is 4.89. The maximum absolute atomic E-state index is 13.8. The van der Waals surface area contributed by atoms with Gasteiger partial charge in [0.05, 0.1) is 35.0 Å². The lowest BCUT2D eigenvalue weighted by Crippen LogP contribution is -2.43. The minimum atomic E-state index is -0.471. The molecule has 2 N–H and O–H groups in total. The Morgan fingerprint density at radius 1 is 1.10 bits per heavy atom. The number of thioether (sulfide) groups is 1. The summed E-state index contributed by atoms with van der Waals surface area (Å²) >= 11 is 1.67. The third kappa shape index (κ3) is 6.36. The quantitative estimate of drug-likeness (QED) is 0.189. The van der Waals surface area contributed by atoms with E-state index in [1.807, 2.05) is 37.3 Å². The molecule has 11 heteroatoms. The number of nitro benzene ring substituents is 1. The molecule has 5 rings (SSSR count). The van der Waals surface area contributed by atoms with Crippen LogP contribution >= 0.6 is 11.8 Å². The summed E-state index contributed by atoms with van der Waals surface area (Å²) in [5.74, 6) is 0.877. The highest BCUT2D eigenvalue weighted by Crippen LogP contribution is 2.40. The topological polar surface area (TPSA) is 126 Å². The summed E-state index contributed by atoms with van der Waals surface area (Å²) in [7, 11) is 1.56. The summed E-state index contributed by atoms with van der Waals surface area (Å²) in [4.78, 5) is 43.9. The molecule has 214 valence electrons. The van der Waals surface area contributed by atoms with E-state index >= 15 is 0 Å². The Labute approximate surface area is 247 Å². The van der Waals surface area contributed by atoms with Gasteiger partial charge in [-0.3, -0.25) is 19.7 Å². The second-order valence-corrected chi connectivity index (χ2v) is 10.7. The number of aliphatic imine (C=N–C) groups is 1. The number of amides is 2. The van der Waals surface area contributed by atoms with E-state index in [4.69, 9.17) is 9.73 Å². The van der Waals surface area contributed by atoms with Gasteiger partial charge in [0, 0.05) is 36.2 Å². The second-order valence-electron chi connectivity index (χ2n) is 9.64. The molecule has 1 fully saturated rings. The molecule has 42 heavy (non-hydrogen) atoms. The summed E-state index contributed by atoms with van der Waals surface area (Å²) in [5.41, 5.74) is 3.77. The van der Waals surface area contributed by atoms with Gasteiger partial charge in [0.25, 0.3) is 11.6 Å². The van der Waals surface area contributed by atoms with Gasteiger partial charge in [-0.05, 0) is 66.9 Å². The standard InChI is InChI=1S/C31H29N5O5S/c1-20-28(30(38)34-25-9-3-4-10-26(25)41-2)29(35-17-6-18-42-31(35)32-20)22-7-5-8-23(19-22)33-27(37)16-13-21-11-14-24(15-12-21)36(39)40/h3-5,7-16,19,29H,6,17-18H2,1-2H3,(H,33,37)(H,34,38)/b16-13+. The number of hydrogen-bond acceptors (Lipinski definition) is 8. The molecule has 10 nitrogen and oxygen atoms in total. The van der Waals surface area contributed by atoms with E-state index in [1.165, 1.54) is 18.2 Å². The van der Waals surface area contributed by atoms with Gasteiger partial charge in [-0.25, -0.2) is 4.99 Å². The number of carbonyl (C=O) groups is 2. The number of nitrogens with zero attached hydrogens (tertiary/aromatic N) is 3. The number of carbonyl (C=O) groups excluding carboxylic acids is 2. The number of nitrogens with one attached hydrogen (secondary N) is 2. The zero-order valence-electron chi connectivity index (χ0n) is 23.1. The zero-order valence-corrected chi connectivity index (χ0v) is 23.9. The first-order chi connectivity index (χ1) is 20.3. The average Bonchev–Trinajstić information content (AvgIpc) is 3.00. The zero-order chi connectivity index (χ0) is 29.6. The van der Waals surface area contributed by atoms with Gasteiger partial charge in [-0.15, -0.1) is 0 Å². The highest BCUT2D eigenvalue weighted by atomic mass is 32.2. The van der Waals surface area contributed by atoms with Crippen LogP contribution in [0.3, 0.4) is 0 Å². The molecule has 2 amide bonds. The number of allylic oxidation sites excluding steroid dienone is 1. The Morgan fingerprint density at radius 2 is 1.88 bits per heavy atom. The number of methoxy groups -OCH3 is 1. The molecule has 2 aliphatic heterocycles. The number of nitro groups is 1. The first-order valence-electron chi connectivity index (χ1n) is 13.3. The monoisotopic (exact) mass is 583 g/mol. The number of ether oxygens (including phenoxy) is 1. The van der Waals surface area contributed by atoms with E-state index < -0.39 is 11.0 Å². The van der Waals surface area contributed by atoms with E-state index in [-0.39, 0.29) is 17.5 Å². The maximum atomic E-state index is 13.8. The van der Waals surface area contributed by atoms with Crippen molar-refractivity contribution in [3.8, 4) is 5.75 Å². The van der Waals surface area contributed by atoms with Crippen LogP contribution in [-0.4, -0.2) is 46.2 Å². The van der Waals surface area contributed by atoms with E-state index in [0.717, 1.165) is 29.4 Å². The van der Waals surface area contributed by atoms with Crippen LogP contribution in [0.25, 0.3) is 6.08 Å². The van der Waals surface area contributed by atoms with Crippen molar-refractivity contribution in [3.05, 3.63) is 111 Å². The predicted molar refractivity (Wildman–Crippen MR) is 165 cm³/mol. The molecule has 3 aromatic rings. The highest BCUT2D eigenvalue weighted by Gasteiger charge is 2.37. The number of non-ortho nitro benzene ring substituents is 1. The first kappa shape index (κ1) is 28.6. The van der Waals surface area contributed by atoms with Crippen molar-refractivity contribution in [1.82, 2.24) is 4.90 Å². The number of hydrogen-bond donors (Lipinski definition) is 2. The smallest absolute Gasteiger partial charge is 0.269 e. The van der Waals surface area contributed by atoms with Crippen molar-refractivity contribution in [1.29, 1.82) is 0 Å². The van der Waals surface area contributed by atoms with Crippen molar-refractivity contribution < 1.29 is 19.2 Å². The van der Waals surface area contributed by atoms with Gasteiger partial charge in [0.15, 0.2) is 5.17 Å². The summed E-state index contributed by atoms with van der Waals surface area (Å²) in [5, 5.41) is 17.6. The van der Waals surface area contributed by atoms with E-state index in [9.17, 15) is 19.7 Å². The molecular formula is C31H29N5O5S. The van der Waals surface area contributed by atoms with Crippen LogP contribution < -0.4 is 15.4 Å². The molecule has 0 spiro atoms. The summed E-state index contributed by atoms with van der Waals surface area (Å²) in [6, 6.07) is 20.2. The Kier molecular flexibility index (Phi) is 8.68. The van der Waals surface area contributed by atoms with Crippen LogP contribution in [0.15, 0.2) is 95.1 Å². The van der Waals surface area contributed by atoms with Gasteiger partial charge in [-0.1, -0.05) is 36.0 Å². The molecule has 2 aliphatic rings. The molecule has 0 aliphatic carbocycles. The highest BCUT2D eigenvalue weighted by molar-refractivity contribution is 8.13. The number of benzene rings is 3. The van der Waals surface area contributed by atoms with Gasteiger partial charge in [0.1, 0.15) is 5.75 Å². The molecule has 0 saturated carbocycles. The number of rotatable bonds is 8. The molecule has 2 heterocycles. The molecule has 0 aromatic heterocycles. The maximum Gasteiger partial charge on any atom is 0.269 e. The third-order valence-corrected chi connectivity index (χ3v) is 7.94. The van der Waals surface area contributed by atoms with Gasteiger partial charge < -0.3 is 20.3 Å². The first-order valence-corrected chi connectivity index (χ1v) is 14.3. The van der Waals surface area contributed by atoms with Crippen LogP contribution in [0.5, 0.6) is 5.75 Å². The molecule has 1 atom stereocenters. The number of anilines is 2. The molecular weight excluding hydrogens is 554 g/mol. The largest absolute Gasteiger partial charge is 0.495 e. The van der Waals surface area contributed by atoms with Crippen molar-refractivity contribution in [2.24, 2.45) is 4.99 Å². The SMILES string of the molecule is COc1ccccc1NC(=O)C1=C(C)N=C2SCCCN2C1c1cccc(NC(=O)/C=C/c2ccc([N+](=O)[O-])cc2)c1. The number of para-hydroxylation sites is 2. The van der Waals surface area contributed by atoms with Crippen LogP contribution in [0, 0.1) is 10.1 Å². The number of amidine groups is 1. The van der Waals surface area contributed by atoms with Crippen LogP contribution in [0.4, 0.5) is 17.1 Å². The summed E-state index contributed by atoms with van der Waals surface area (Å²) in [6.45, 7) is 2.59. The summed E-state index contributed by atoms with van der Waals surface area (Å²) < 4.78 is 5.43. The lowest BCUT2D eigenvalue weighted by Gasteiger charge is -2.41. The van der Waals surface area contributed by atoms with Crippen molar-refractivity contribution >= 4 is 51.9 Å². The Balaban J connectivity index is 1.40. The molecule has 0 bridgehead atoms. The normalized spacial score (nSPS) is 16.5. The van der Waals surface area contributed by atoms with Gasteiger partial charge in [0.2, 0.25) is 5.91 Å². The third-order valence-electron chi connectivity index (χ3n) is 6.86. The Morgan fingerprint density at radius 3 is 2.64 bits per heavy atom. The molecule has 1 saturated heterocycles. The predicted octanol–water partition coefficient (Wildman–Crippen LogP) is 6.02. The fourth-order valence-corrected chi connectivity index (χ4v) is 5.91. The van der Waals surface area contributed by atoms with Crippen LogP contribution in [0.1, 0.15) is 30.5 Å². The van der Waals surface area contributed by atoms with E-state index in [1.54, 1.807) is 55.3 Å². The van der Waals surface area contributed by atoms with E-state index in [0.29, 0.717) is 34.0 Å². The average molecular weight is 584 g/mol. The molecule has 1 unspecified atom stereocenters. The Bertz CT molecular complexity index is 1620. The van der Waals surface area contributed by atoms with Crippen LogP contribution in [0.2, 0.25) is 0 Å². The van der Waals surface area contributed by atoms with Crippen molar-refractivity contribution in [2.45, 2.75) is 19.4 Å². The van der Waals surface area contributed by atoms with Gasteiger partial charge >= 0.3 is 0 Å². The summed E-state index contributed by atoms with van der Waals surface area (Å²) in [6.07, 6.45) is 3.91. The van der Waals surface area contributed by atoms with Gasteiger partial charge in [-0.2, -0.15) is 0 Å². The molecule has 3 aromatic carbocycles. The minimum absolute atomic E-state index is 0.0170. The lowest BCUT2D eigenvalue weighted by molar-refractivity contribution is -0.384. The van der Waals surface area contributed by atoms with E-state index in [2.05, 4.69) is 15.5 Å². The van der Waals surface area contributed by atoms with Crippen molar-refractivity contribution in [3.63, 3.8) is 0 Å². The lowest BCUT2D eigenvalue weighted by atomic mass is 9.93. The fraction of sp³-hybridized carbons (Fsp3) is 0.194. The molecule has 0 radical (unpaired) electrons.